The molecule has 0 saturated carbocycles. The lowest BCUT2D eigenvalue weighted by Gasteiger charge is -2.21. The van der Waals surface area contributed by atoms with Gasteiger partial charge in [-0.2, -0.15) is 0 Å². The Balaban J connectivity index is 2.43. The standard InChI is InChI=1S/C17H18O/c1-11-14(17(2,3)4)10-9-13-12-7-5-6-8-15(12)18-16(11)13/h5-10H,1-4H3. The van der Waals surface area contributed by atoms with Gasteiger partial charge < -0.3 is 4.42 Å². The van der Waals surface area contributed by atoms with Gasteiger partial charge in [-0.15, -0.1) is 0 Å². The van der Waals surface area contributed by atoms with Crippen molar-refractivity contribution in [3.63, 3.8) is 0 Å². The number of para-hydroxylation sites is 1. The van der Waals surface area contributed by atoms with Crippen LogP contribution in [0.1, 0.15) is 31.9 Å². The maximum atomic E-state index is 6.02. The highest BCUT2D eigenvalue weighted by molar-refractivity contribution is 6.06. The van der Waals surface area contributed by atoms with Crippen molar-refractivity contribution in [3.8, 4) is 0 Å². The van der Waals surface area contributed by atoms with Crippen LogP contribution in [0.2, 0.25) is 0 Å². The minimum absolute atomic E-state index is 0.150. The molecular formula is C17H18O. The highest BCUT2D eigenvalue weighted by atomic mass is 16.3. The Bertz CT molecular complexity index is 726. The van der Waals surface area contributed by atoms with E-state index in [0.717, 1.165) is 11.2 Å². The van der Waals surface area contributed by atoms with Crippen molar-refractivity contribution in [1.82, 2.24) is 0 Å². The van der Waals surface area contributed by atoms with E-state index in [1.807, 2.05) is 12.1 Å². The van der Waals surface area contributed by atoms with Crippen molar-refractivity contribution in [1.29, 1.82) is 0 Å². The fourth-order valence-electron chi connectivity index (χ4n) is 2.74. The smallest absolute Gasteiger partial charge is 0.138 e. The van der Waals surface area contributed by atoms with E-state index in [0.29, 0.717) is 0 Å². The summed E-state index contributed by atoms with van der Waals surface area (Å²) in [5.74, 6) is 0. The van der Waals surface area contributed by atoms with E-state index >= 15 is 0 Å². The van der Waals surface area contributed by atoms with Gasteiger partial charge >= 0.3 is 0 Å². The summed E-state index contributed by atoms with van der Waals surface area (Å²) in [4.78, 5) is 0. The zero-order valence-electron chi connectivity index (χ0n) is 11.4. The molecular weight excluding hydrogens is 220 g/mol. The van der Waals surface area contributed by atoms with E-state index in [1.54, 1.807) is 0 Å². The molecule has 0 aliphatic carbocycles. The summed E-state index contributed by atoms with van der Waals surface area (Å²) in [5.41, 5.74) is 4.77. The third-order valence-electron chi connectivity index (χ3n) is 3.60. The number of benzene rings is 2. The molecule has 0 saturated heterocycles. The summed E-state index contributed by atoms with van der Waals surface area (Å²) < 4.78 is 6.02. The highest BCUT2D eigenvalue weighted by Crippen LogP contribution is 2.35. The molecule has 3 rings (SSSR count). The number of aryl methyl sites for hydroxylation is 1. The topological polar surface area (TPSA) is 13.1 Å². The molecule has 0 fully saturated rings. The second-order valence-corrected chi connectivity index (χ2v) is 5.96. The summed E-state index contributed by atoms with van der Waals surface area (Å²) in [6.45, 7) is 8.88. The molecule has 0 atom stereocenters. The first-order valence-electron chi connectivity index (χ1n) is 6.40. The normalized spacial score (nSPS) is 12.4. The zero-order valence-corrected chi connectivity index (χ0v) is 11.4. The average Bonchev–Trinajstić information content (AvgIpc) is 2.68. The zero-order chi connectivity index (χ0) is 12.9. The van der Waals surface area contributed by atoms with Crippen LogP contribution in [0.4, 0.5) is 0 Å². The first-order chi connectivity index (χ1) is 8.48. The molecule has 0 unspecified atom stereocenters. The maximum absolute atomic E-state index is 6.02. The SMILES string of the molecule is Cc1c(C(C)(C)C)ccc2c1oc1ccccc12. The fraction of sp³-hybridized carbons (Fsp3) is 0.294. The third kappa shape index (κ3) is 1.54. The van der Waals surface area contributed by atoms with Gasteiger partial charge in [-0.3, -0.25) is 0 Å². The second-order valence-electron chi connectivity index (χ2n) is 5.96. The number of rotatable bonds is 0. The van der Waals surface area contributed by atoms with E-state index in [2.05, 4.69) is 52.0 Å². The van der Waals surface area contributed by atoms with Gasteiger partial charge in [0.15, 0.2) is 0 Å². The molecule has 0 bridgehead atoms. The van der Waals surface area contributed by atoms with Crippen molar-refractivity contribution < 1.29 is 4.42 Å². The first-order valence-corrected chi connectivity index (χ1v) is 6.40. The van der Waals surface area contributed by atoms with Gasteiger partial charge in [-0.05, 0) is 29.5 Å². The van der Waals surface area contributed by atoms with Gasteiger partial charge in [0.1, 0.15) is 11.2 Å². The molecule has 1 heterocycles. The molecule has 0 N–H and O–H groups in total. The van der Waals surface area contributed by atoms with Gasteiger partial charge in [-0.25, -0.2) is 0 Å². The molecule has 1 aromatic heterocycles. The Labute approximate surface area is 107 Å². The summed E-state index contributed by atoms with van der Waals surface area (Å²) in [6, 6.07) is 12.7. The van der Waals surface area contributed by atoms with Gasteiger partial charge in [-0.1, -0.05) is 51.1 Å². The molecule has 0 spiro atoms. The quantitative estimate of drug-likeness (QED) is 0.525. The van der Waals surface area contributed by atoms with Crippen LogP contribution in [0.3, 0.4) is 0 Å². The predicted octanol–water partition coefficient (Wildman–Crippen LogP) is 5.19. The Kier molecular flexibility index (Phi) is 2.28. The molecule has 3 aromatic rings. The fourth-order valence-corrected chi connectivity index (χ4v) is 2.74. The van der Waals surface area contributed by atoms with Crippen LogP contribution in [-0.4, -0.2) is 0 Å². The average molecular weight is 238 g/mol. The number of hydrogen-bond donors (Lipinski definition) is 0. The van der Waals surface area contributed by atoms with Gasteiger partial charge in [0.25, 0.3) is 0 Å². The maximum Gasteiger partial charge on any atom is 0.138 e. The van der Waals surface area contributed by atoms with Crippen LogP contribution in [0.15, 0.2) is 40.8 Å². The van der Waals surface area contributed by atoms with E-state index in [1.165, 1.54) is 21.9 Å². The Morgan fingerprint density at radius 2 is 1.61 bits per heavy atom. The first kappa shape index (κ1) is 11.3. The number of fused-ring (bicyclic) bond motifs is 3. The molecule has 92 valence electrons. The van der Waals surface area contributed by atoms with Gasteiger partial charge in [0.05, 0.1) is 0 Å². The van der Waals surface area contributed by atoms with E-state index in [-0.39, 0.29) is 5.41 Å². The van der Waals surface area contributed by atoms with Crippen LogP contribution >= 0.6 is 0 Å². The van der Waals surface area contributed by atoms with Crippen molar-refractivity contribution in [3.05, 3.63) is 47.5 Å². The largest absolute Gasteiger partial charge is 0.456 e. The molecule has 1 nitrogen and oxygen atoms in total. The van der Waals surface area contributed by atoms with Crippen molar-refractivity contribution in [2.75, 3.05) is 0 Å². The van der Waals surface area contributed by atoms with Crippen molar-refractivity contribution >= 4 is 21.9 Å². The molecule has 18 heavy (non-hydrogen) atoms. The highest BCUT2D eigenvalue weighted by Gasteiger charge is 2.19. The lowest BCUT2D eigenvalue weighted by molar-refractivity contribution is 0.582. The predicted molar refractivity (Wildman–Crippen MR) is 77.2 cm³/mol. The monoisotopic (exact) mass is 238 g/mol. The molecule has 1 heteroatoms. The van der Waals surface area contributed by atoms with Crippen LogP contribution in [0.25, 0.3) is 21.9 Å². The van der Waals surface area contributed by atoms with Crippen molar-refractivity contribution in [2.45, 2.75) is 33.1 Å². The van der Waals surface area contributed by atoms with Crippen LogP contribution in [-0.2, 0) is 5.41 Å². The Hall–Kier alpha value is -1.76. The summed E-state index contributed by atoms with van der Waals surface area (Å²) in [5, 5.41) is 2.42. The summed E-state index contributed by atoms with van der Waals surface area (Å²) >= 11 is 0. The van der Waals surface area contributed by atoms with Gasteiger partial charge in [0, 0.05) is 10.8 Å². The van der Waals surface area contributed by atoms with E-state index in [9.17, 15) is 0 Å². The minimum atomic E-state index is 0.150. The van der Waals surface area contributed by atoms with Crippen LogP contribution < -0.4 is 0 Å². The van der Waals surface area contributed by atoms with E-state index in [4.69, 9.17) is 4.42 Å². The second kappa shape index (κ2) is 3.61. The molecule has 0 radical (unpaired) electrons. The molecule has 0 amide bonds. The lowest BCUT2D eigenvalue weighted by Crippen LogP contribution is -2.12. The van der Waals surface area contributed by atoms with Crippen molar-refractivity contribution in [2.24, 2.45) is 0 Å². The Morgan fingerprint density at radius 1 is 0.889 bits per heavy atom. The molecule has 0 aliphatic heterocycles. The lowest BCUT2D eigenvalue weighted by atomic mass is 9.83. The van der Waals surface area contributed by atoms with Crippen LogP contribution in [0, 0.1) is 6.92 Å². The Morgan fingerprint density at radius 3 is 2.33 bits per heavy atom. The summed E-state index contributed by atoms with van der Waals surface area (Å²) in [6.07, 6.45) is 0. The molecule has 0 aliphatic rings. The van der Waals surface area contributed by atoms with Crippen LogP contribution in [0.5, 0.6) is 0 Å². The third-order valence-corrected chi connectivity index (χ3v) is 3.60. The number of furan rings is 1. The van der Waals surface area contributed by atoms with E-state index < -0.39 is 0 Å². The van der Waals surface area contributed by atoms with Gasteiger partial charge in [0.2, 0.25) is 0 Å². The number of hydrogen-bond acceptors (Lipinski definition) is 1. The minimum Gasteiger partial charge on any atom is -0.456 e. The molecule has 2 aromatic carbocycles. The summed E-state index contributed by atoms with van der Waals surface area (Å²) in [7, 11) is 0.